The first-order valence-electron chi connectivity index (χ1n) is 7.28. The third-order valence-electron chi connectivity index (χ3n) is 3.89. The molecule has 1 N–H and O–H groups in total. The largest absolute Gasteiger partial charge is 0.355 e. The van der Waals surface area contributed by atoms with E-state index in [9.17, 15) is 4.79 Å². The summed E-state index contributed by atoms with van der Waals surface area (Å²) >= 11 is 6.27. The number of benzene rings is 2. The van der Waals surface area contributed by atoms with E-state index in [-0.39, 0.29) is 11.9 Å². The second-order valence-electron chi connectivity index (χ2n) is 5.39. The summed E-state index contributed by atoms with van der Waals surface area (Å²) in [6, 6.07) is 15.8. The summed E-state index contributed by atoms with van der Waals surface area (Å²) in [5, 5.41) is 3.41. The second-order valence-corrected chi connectivity index (χ2v) is 5.80. The van der Waals surface area contributed by atoms with Crippen molar-refractivity contribution in [2.24, 2.45) is 0 Å². The minimum Gasteiger partial charge on any atom is -0.355 e. The number of nitrogens with zero attached hydrogens (tertiary/aromatic N) is 1. The van der Waals surface area contributed by atoms with E-state index in [2.05, 4.69) is 30.3 Å². The Hall–Kier alpha value is -1.84. The lowest BCUT2D eigenvalue weighted by molar-refractivity contribution is 0.0963. The Labute approximate surface area is 136 Å². The van der Waals surface area contributed by atoms with Crippen LogP contribution < -0.4 is 5.32 Å². The summed E-state index contributed by atoms with van der Waals surface area (Å²) in [6.45, 7) is 2.93. The van der Waals surface area contributed by atoms with Gasteiger partial charge in [0.25, 0.3) is 5.91 Å². The van der Waals surface area contributed by atoms with Gasteiger partial charge in [0.2, 0.25) is 0 Å². The molecule has 0 heterocycles. The van der Waals surface area contributed by atoms with Crippen LogP contribution >= 0.6 is 11.6 Å². The first-order valence-corrected chi connectivity index (χ1v) is 7.66. The molecule has 116 valence electrons. The van der Waals surface area contributed by atoms with E-state index in [0.29, 0.717) is 5.56 Å². The van der Waals surface area contributed by atoms with Gasteiger partial charge in [0.15, 0.2) is 0 Å². The van der Waals surface area contributed by atoms with Crippen LogP contribution in [0, 0.1) is 0 Å². The normalized spacial score (nSPS) is 12.2. The number of nitrogens with one attached hydrogen (secondary N) is 1. The summed E-state index contributed by atoms with van der Waals surface area (Å²) in [4.78, 5) is 13.8. The first-order chi connectivity index (χ1) is 10.5. The predicted octanol–water partition coefficient (Wildman–Crippen LogP) is 3.89. The topological polar surface area (TPSA) is 32.3 Å². The molecule has 2 aromatic rings. The molecule has 2 rings (SSSR count). The number of carbonyl (C=O) groups excluding carboxylic acids is 1. The Kier molecular flexibility index (Phi) is 5.58. The highest BCUT2D eigenvalue weighted by atomic mass is 35.5. The van der Waals surface area contributed by atoms with Gasteiger partial charge in [-0.15, -0.1) is 0 Å². The Bertz CT molecular complexity index is 640. The van der Waals surface area contributed by atoms with Gasteiger partial charge in [0.1, 0.15) is 0 Å². The number of amides is 1. The van der Waals surface area contributed by atoms with Gasteiger partial charge in [-0.05, 0) is 43.3 Å². The van der Waals surface area contributed by atoms with Gasteiger partial charge in [-0.1, -0.05) is 41.9 Å². The molecule has 1 amide bonds. The number of hydrogen-bond acceptors (Lipinski definition) is 2. The van der Waals surface area contributed by atoms with E-state index < -0.39 is 0 Å². The number of halogens is 1. The van der Waals surface area contributed by atoms with Crippen molar-refractivity contribution in [3.8, 4) is 0 Å². The van der Waals surface area contributed by atoms with Gasteiger partial charge in [0, 0.05) is 30.2 Å². The van der Waals surface area contributed by atoms with Gasteiger partial charge in [0.05, 0.1) is 0 Å². The highest BCUT2D eigenvalue weighted by molar-refractivity contribution is 6.31. The minimum absolute atomic E-state index is 0.0654. The summed E-state index contributed by atoms with van der Waals surface area (Å²) in [6.07, 6.45) is 0. The van der Waals surface area contributed by atoms with Gasteiger partial charge in [-0.2, -0.15) is 0 Å². The van der Waals surface area contributed by atoms with Gasteiger partial charge in [-0.3, -0.25) is 9.69 Å². The molecule has 2 aromatic carbocycles. The Morgan fingerprint density at radius 1 is 1.18 bits per heavy atom. The highest BCUT2D eigenvalue weighted by Crippen LogP contribution is 2.27. The maximum atomic E-state index is 11.5. The molecular formula is C18H21ClN2O. The number of rotatable bonds is 5. The van der Waals surface area contributed by atoms with E-state index in [1.54, 1.807) is 7.05 Å². The second kappa shape index (κ2) is 7.43. The quantitative estimate of drug-likeness (QED) is 0.907. The fraction of sp³-hybridized carbons (Fsp3) is 0.278. The van der Waals surface area contributed by atoms with Crippen LogP contribution in [0.5, 0.6) is 0 Å². The molecule has 1 atom stereocenters. The predicted molar refractivity (Wildman–Crippen MR) is 91.2 cm³/mol. The van der Waals surface area contributed by atoms with Crippen molar-refractivity contribution in [1.82, 2.24) is 10.2 Å². The number of carbonyl (C=O) groups is 1. The van der Waals surface area contributed by atoms with Crippen LogP contribution in [0.2, 0.25) is 5.02 Å². The minimum atomic E-state index is -0.0654. The van der Waals surface area contributed by atoms with Gasteiger partial charge < -0.3 is 5.32 Å². The van der Waals surface area contributed by atoms with E-state index in [4.69, 9.17) is 11.6 Å². The molecule has 0 bridgehead atoms. The van der Waals surface area contributed by atoms with E-state index in [1.807, 2.05) is 42.5 Å². The maximum Gasteiger partial charge on any atom is 0.251 e. The van der Waals surface area contributed by atoms with Crippen molar-refractivity contribution in [2.45, 2.75) is 19.5 Å². The average molecular weight is 317 g/mol. The van der Waals surface area contributed by atoms with Crippen LogP contribution in [-0.4, -0.2) is 24.9 Å². The highest BCUT2D eigenvalue weighted by Gasteiger charge is 2.14. The molecule has 3 nitrogen and oxygen atoms in total. The van der Waals surface area contributed by atoms with Crippen LogP contribution in [0.25, 0.3) is 0 Å². The fourth-order valence-corrected chi connectivity index (χ4v) is 2.68. The molecule has 0 spiro atoms. The van der Waals surface area contributed by atoms with Crippen molar-refractivity contribution in [3.63, 3.8) is 0 Å². The zero-order chi connectivity index (χ0) is 16.1. The van der Waals surface area contributed by atoms with Crippen molar-refractivity contribution in [1.29, 1.82) is 0 Å². The zero-order valence-electron chi connectivity index (χ0n) is 13.1. The summed E-state index contributed by atoms with van der Waals surface area (Å²) in [5.74, 6) is -0.0654. The molecule has 0 saturated heterocycles. The maximum absolute atomic E-state index is 11.5. The molecule has 0 saturated carbocycles. The average Bonchev–Trinajstić information content (AvgIpc) is 2.54. The third kappa shape index (κ3) is 3.87. The standard InChI is InChI=1S/C18H21ClN2O/c1-13(16-6-4-5-7-17(16)19)21(3)12-14-8-10-15(11-9-14)18(22)20-2/h4-11,13H,12H2,1-3H3,(H,20,22). The molecule has 22 heavy (non-hydrogen) atoms. The van der Waals surface area contributed by atoms with Crippen molar-refractivity contribution in [3.05, 3.63) is 70.2 Å². The fourth-order valence-electron chi connectivity index (χ4n) is 2.38. The first kappa shape index (κ1) is 16.5. The molecule has 0 aromatic heterocycles. The van der Waals surface area contributed by atoms with Gasteiger partial charge >= 0.3 is 0 Å². The molecular weight excluding hydrogens is 296 g/mol. The third-order valence-corrected chi connectivity index (χ3v) is 4.24. The SMILES string of the molecule is CNC(=O)c1ccc(CN(C)C(C)c2ccccc2Cl)cc1. The molecule has 1 unspecified atom stereocenters. The summed E-state index contributed by atoms with van der Waals surface area (Å²) < 4.78 is 0. The van der Waals surface area contributed by atoms with E-state index >= 15 is 0 Å². The molecule has 0 fully saturated rings. The zero-order valence-corrected chi connectivity index (χ0v) is 13.9. The van der Waals surface area contributed by atoms with E-state index in [1.165, 1.54) is 0 Å². The van der Waals surface area contributed by atoms with Crippen LogP contribution in [0.15, 0.2) is 48.5 Å². The Balaban J connectivity index is 2.07. The number of hydrogen-bond donors (Lipinski definition) is 1. The Morgan fingerprint density at radius 2 is 1.82 bits per heavy atom. The molecule has 0 aliphatic heterocycles. The van der Waals surface area contributed by atoms with Crippen molar-refractivity contribution < 1.29 is 4.79 Å². The lowest BCUT2D eigenvalue weighted by atomic mass is 10.1. The van der Waals surface area contributed by atoms with Crippen molar-refractivity contribution >= 4 is 17.5 Å². The summed E-state index contributed by atoms with van der Waals surface area (Å²) in [7, 11) is 3.70. The van der Waals surface area contributed by atoms with Crippen LogP contribution in [0.3, 0.4) is 0 Å². The van der Waals surface area contributed by atoms with Crippen LogP contribution in [0.4, 0.5) is 0 Å². The molecule has 0 aliphatic rings. The lowest BCUT2D eigenvalue weighted by Crippen LogP contribution is -2.22. The van der Waals surface area contributed by atoms with Gasteiger partial charge in [-0.25, -0.2) is 0 Å². The van der Waals surface area contributed by atoms with Crippen molar-refractivity contribution in [2.75, 3.05) is 14.1 Å². The molecule has 0 aliphatic carbocycles. The lowest BCUT2D eigenvalue weighted by Gasteiger charge is -2.26. The molecule has 0 radical (unpaired) electrons. The van der Waals surface area contributed by atoms with Crippen LogP contribution in [-0.2, 0) is 6.54 Å². The monoisotopic (exact) mass is 316 g/mol. The molecule has 4 heteroatoms. The smallest absolute Gasteiger partial charge is 0.251 e. The van der Waals surface area contributed by atoms with Crippen LogP contribution in [0.1, 0.15) is 34.5 Å². The Morgan fingerprint density at radius 3 is 2.41 bits per heavy atom. The summed E-state index contributed by atoms with van der Waals surface area (Å²) in [5.41, 5.74) is 2.95. The van der Waals surface area contributed by atoms with E-state index in [0.717, 1.165) is 22.7 Å².